The first-order chi connectivity index (χ1) is 4.68. The Morgan fingerprint density at radius 1 is 1.20 bits per heavy atom. The van der Waals surface area contributed by atoms with E-state index in [9.17, 15) is 0 Å². The third-order valence-corrected chi connectivity index (χ3v) is 1.12. The maximum atomic E-state index is 7.88. The van der Waals surface area contributed by atoms with Gasteiger partial charge in [0, 0.05) is 0 Å². The highest BCUT2D eigenvalue weighted by molar-refractivity contribution is 6.44. The van der Waals surface area contributed by atoms with Gasteiger partial charge in [-0.2, -0.15) is 0 Å². The van der Waals surface area contributed by atoms with E-state index >= 15 is 0 Å². The quantitative estimate of drug-likeness (QED) is 0.673. The van der Waals surface area contributed by atoms with Crippen molar-refractivity contribution in [3.63, 3.8) is 0 Å². The van der Waals surface area contributed by atoms with Crippen LogP contribution in [-0.4, -0.2) is 16.5 Å². The molecule has 0 aliphatic heterocycles. The standard InChI is InChI=1S/C5H12.C2H4Cl2O/c1-3-5-4-2;3-2(4)1-5/h3-5H2,1-2H3;2,5H,1H2. The third-order valence-electron chi connectivity index (χ3n) is 0.845. The third kappa shape index (κ3) is 23.6. The van der Waals surface area contributed by atoms with E-state index in [1.165, 1.54) is 19.3 Å². The summed E-state index contributed by atoms with van der Waals surface area (Å²) < 4.78 is 0. The highest BCUT2D eigenvalue weighted by atomic mass is 35.5. The molecule has 0 aromatic rings. The van der Waals surface area contributed by atoms with Crippen molar-refractivity contribution in [3.05, 3.63) is 0 Å². The predicted molar refractivity (Wildman–Crippen MR) is 47.8 cm³/mol. The summed E-state index contributed by atoms with van der Waals surface area (Å²) in [5, 5.41) is 7.88. The first-order valence-corrected chi connectivity index (χ1v) is 4.45. The molecule has 0 amide bonds. The van der Waals surface area contributed by atoms with Crippen molar-refractivity contribution < 1.29 is 5.11 Å². The van der Waals surface area contributed by atoms with Crippen molar-refractivity contribution in [3.8, 4) is 0 Å². The zero-order valence-electron chi connectivity index (χ0n) is 6.61. The summed E-state index contributed by atoms with van der Waals surface area (Å²) in [7, 11) is 0. The van der Waals surface area contributed by atoms with Gasteiger partial charge in [-0.05, 0) is 0 Å². The molecule has 64 valence electrons. The molecular weight excluding hydrogens is 171 g/mol. The molecule has 0 aliphatic rings. The topological polar surface area (TPSA) is 20.2 Å². The van der Waals surface area contributed by atoms with Crippen molar-refractivity contribution in [1.29, 1.82) is 0 Å². The van der Waals surface area contributed by atoms with Crippen LogP contribution in [0.5, 0.6) is 0 Å². The van der Waals surface area contributed by atoms with Gasteiger partial charge < -0.3 is 5.11 Å². The second kappa shape index (κ2) is 12.2. The molecule has 0 unspecified atom stereocenters. The van der Waals surface area contributed by atoms with Crippen LogP contribution in [0.1, 0.15) is 33.1 Å². The second-order valence-electron chi connectivity index (χ2n) is 1.93. The van der Waals surface area contributed by atoms with Crippen LogP contribution >= 0.6 is 23.2 Å². The van der Waals surface area contributed by atoms with E-state index in [2.05, 4.69) is 13.8 Å². The summed E-state index contributed by atoms with van der Waals surface area (Å²) >= 11 is 9.96. The van der Waals surface area contributed by atoms with Crippen LogP contribution in [0.15, 0.2) is 0 Å². The fraction of sp³-hybridized carbons (Fsp3) is 1.00. The number of aliphatic hydroxyl groups is 1. The summed E-state index contributed by atoms with van der Waals surface area (Å²) in [5.41, 5.74) is 0. The Morgan fingerprint density at radius 3 is 1.50 bits per heavy atom. The van der Waals surface area contributed by atoms with Crippen LogP contribution in [-0.2, 0) is 0 Å². The molecular formula is C7H16Cl2O. The maximum absolute atomic E-state index is 7.88. The van der Waals surface area contributed by atoms with E-state index in [1.807, 2.05) is 0 Å². The SMILES string of the molecule is CCCCC.OCC(Cl)Cl. The fourth-order valence-corrected chi connectivity index (χ4v) is 0.354. The smallest absolute Gasteiger partial charge is 0.130 e. The number of halogens is 2. The van der Waals surface area contributed by atoms with Crippen LogP contribution in [0.25, 0.3) is 0 Å². The van der Waals surface area contributed by atoms with Crippen molar-refractivity contribution in [1.82, 2.24) is 0 Å². The molecule has 10 heavy (non-hydrogen) atoms. The highest BCUT2D eigenvalue weighted by Gasteiger charge is 1.88. The Bertz CT molecular complexity index is 46.9. The van der Waals surface area contributed by atoms with Crippen LogP contribution in [0.3, 0.4) is 0 Å². The molecule has 0 aromatic heterocycles. The Kier molecular flexibility index (Phi) is 16.1. The van der Waals surface area contributed by atoms with Gasteiger partial charge in [0.25, 0.3) is 0 Å². The molecule has 0 saturated heterocycles. The summed E-state index contributed by atoms with van der Waals surface area (Å²) in [5.74, 6) is 0. The van der Waals surface area contributed by atoms with Gasteiger partial charge >= 0.3 is 0 Å². The van der Waals surface area contributed by atoms with Gasteiger partial charge in [0.1, 0.15) is 4.84 Å². The fourth-order valence-electron chi connectivity index (χ4n) is 0.354. The first-order valence-electron chi connectivity index (χ1n) is 3.58. The lowest BCUT2D eigenvalue weighted by Gasteiger charge is -1.84. The lowest BCUT2D eigenvalue weighted by Crippen LogP contribution is -1.90. The van der Waals surface area contributed by atoms with E-state index < -0.39 is 4.84 Å². The zero-order chi connectivity index (χ0) is 8.41. The van der Waals surface area contributed by atoms with E-state index in [4.69, 9.17) is 28.3 Å². The number of rotatable bonds is 3. The predicted octanol–water partition coefficient (Wildman–Crippen LogP) is 2.98. The number of hydrogen-bond acceptors (Lipinski definition) is 1. The maximum Gasteiger partial charge on any atom is 0.130 e. The average Bonchev–Trinajstić information content (AvgIpc) is 1.91. The Labute approximate surface area is 73.3 Å². The van der Waals surface area contributed by atoms with Gasteiger partial charge in [-0.1, -0.05) is 33.1 Å². The Morgan fingerprint density at radius 2 is 1.50 bits per heavy atom. The Hall–Kier alpha value is 0.540. The number of unbranched alkanes of at least 4 members (excludes halogenated alkanes) is 2. The molecule has 0 saturated carbocycles. The van der Waals surface area contributed by atoms with Gasteiger partial charge in [0.2, 0.25) is 0 Å². The molecule has 0 heterocycles. The van der Waals surface area contributed by atoms with Crippen LogP contribution in [0.4, 0.5) is 0 Å². The first kappa shape index (κ1) is 13.2. The molecule has 0 rings (SSSR count). The molecule has 3 heteroatoms. The van der Waals surface area contributed by atoms with E-state index in [0.29, 0.717) is 0 Å². The van der Waals surface area contributed by atoms with Crippen molar-refractivity contribution in [2.75, 3.05) is 6.61 Å². The lowest BCUT2D eigenvalue weighted by molar-refractivity contribution is 0.313. The lowest BCUT2D eigenvalue weighted by atomic mass is 10.3. The normalized spacial score (nSPS) is 9.00. The number of hydrogen-bond donors (Lipinski definition) is 1. The van der Waals surface area contributed by atoms with Crippen molar-refractivity contribution >= 4 is 23.2 Å². The molecule has 0 spiro atoms. The summed E-state index contributed by atoms with van der Waals surface area (Å²) in [6.45, 7) is 4.26. The van der Waals surface area contributed by atoms with Crippen molar-refractivity contribution in [2.45, 2.75) is 37.9 Å². The molecule has 0 bridgehead atoms. The minimum atomic E-state index is -0.616. The second-order valence-corrected chi connectivity index (χ2v) is 3.20. The van der Waals surface area contributed by atoms with Crippen LogP contribution in [0, 0.1) is 0 Å². The Balaban J connectivity index is 0. The summed E-state index contributed by atoms with van der Waals surface area (Å²) in [4.78, 5) is -0.616. The average molecular weight is 187 g/mol. The summed E-state index contributed by atoms with van der Waals surface area (Å²) in [6, 6.07) is 0. The van der Waals surface area contributed by atoms with E-state index in [-0.39, 0.29) is 6.61 Å². The summed E-state index contributed by atoms with van der Waals surface area (Å²) in [6.07, 6.45) is 4.08. The molecule has 0 fully saturated rings. The van der Waals surface area contributed by atoms with Gasteiger partial charge in [0.15, 0.2) is 0 Å². The minimum absolute atomic E-state index is 0.164. The highest BCUT2D eigenvalue weighted by Crippen LogP contribution is 1.96. The number of aliphatic hydroxyl groups excluding tert-OH is 1. The van der Waals surface area contributed by atoms with Gasteiger partial charge in [-0.15, -0.1) is 23.2 Å². The minimum Gasteiger partial charge on any atom is -0.394 e. The molecule has 0 aromatic carbocycles. The molecule has 0 atom stereocenters. The molecule has 1 N–H and O–H groups in total. The molecule has 0 radical (unpaired) electrons. The molecule has 1 nitrogen and oxygen atoms in total. The van der Waals surface area contributed by atoms with E-state index in [0.717, 1.165) is 0 Å². The zero-order valence-corrected chi connectivity index (χ0v) is 8.12. The van der Waals surface area contributed by atoms with Gasteiger partial charge in [-0.25, -0.2) is 0 Å². The van der Waals surface area contributed by atoms with E-state index in [1.54, 1.807) is 0 Å². The van der Waals surface area contributed by atoms with Crippen LogP contribution < -0.4 is 0 Å². The van der Waals surface area contributed by atoms with Gasteiger partial charge in [0.05, 0.1) is 6.61 Å². The van der Waals surface area contributed by atoms with Crippen LogP contribution in [0.2, 0.25) is 0 Å². The number of alkyl halides is 2. The monoisotopic (exact) mass is 186 g/mol. The molecule has 0 aliphatic carbocycles. The van der Waals surface area contributed by atoms with Gasteiger partial charge in [-0.3, -0.25) is 0 Å². The largest absolute Gasteiger partial charge is 0.394 e. The van der Waals surface area contributed by atoms with Crippen molar-refractivity contribution in [2.24, 2.45) is 0 Å².